The molecule has 15 heavy (non-hydrogen) atoms. The molecule has 1 aromatic carbocycles. The summed E-state index contributed by atoms with van der Waals surface area (Å²) in [5.41, 5.74) is 0.124. The predicted octanol–water partition coefficient (Wildman–Crippen LogP) is 1.38. The average molecular weight is 202 g/mol. The fraction of sp³-hybridized carbons (Fsp3) is 0.111. The molecule has 1 rings (SSSR count). The first kappa shape index (κ1) is 10.5. The molecule has 6 nitrogen and oxygen atoms in total. The Labute approximate surface area is 85.5 Å². The summed E-state index contributed by atoms with van der Waals surface area (Å²) in [6, 6.07) is 5.92. The molecule has 0 aliphatic rings. The molecule has 0 bridgehead atoms. The molecule has 0 aliphatic heterocycles. The topological polar surface area (TPSA) is 103 Å². The normalized spacial score (nSPS) is 8.73. The van der Waals surface area contributed by atoms with Crippen LogP contribution in [0.25, 0.3) is 0 Å². The van der Waals surface area contributed by atoms with Crippen molar-refractivity contribution in [3.63, 3.8) is 0 Å². The molecule has 0 amide bonds. The third-order valence-electron chi connectivity index (χ3n) is 1.84. The van der Waals surface area contributed by atoms with E-state index in [1.165, 1.54) is 13.1 Å². The summed E-state index contributed by atoms with van der Waals surface area (Å²) in [5, 5.41) is 30.6. The van der Waals surface area contributed by atoms with E-state index in [1.807, 2.05) is 0 Å². The highest BCUT2D eigenvalue weighted by molar-refractivity contribution is 5.68. The molecule has 1 N–H and O–H groups in total. The maximum atomic E-state index is 10.6. The Hall–Kier alpha value is -2.60. The van der Waals surface area contributed by atoms with Crippen molar-refractivity contribution < 1.29 is 4.92 Å². The minimum Gasteiger partial charge on any atom is -0.383 e. The third kappa shape index (κ3) is 1.84. The molecular formula is C9H6N4O2. The van der Waals surface area contributed by atoms with Crippen LogP contribution >= 0.6 is 0 Å². The lowest BCUT2D eigenvalue weighted by molar-refractivity contribution is -0.384. The van der Waals surface area contributed by atoms with Crippen LogP contribution in [0.5, 0.6) is 0 Å². The number of rotatable bonds is 2. The molecule has 0 unspecified atom stereocenters. The standard InChI is InChI=1S/C9H6N4O2/c1-12-8-2-6(4-10)7(5-11)3-9(8)13(14)15/h2-3,12H,1H3. The van der Waals surface area contributed by atoms with Gasteiger partial charge < -0.3 is 5.32 Å². The first-order valence-corrected chi connectivity index (χ1v) is 3.94. The summed E-state index contributed by atoms with van der Waals surface area (Å²) in [7, 11) is 1.51. The Bertz CT molecular complexity index is 496. The molecule has 74 valence electrons. The molecule has 0 atom stereocenters. The van der Waals surface area contributed by atoms with Crippen LogP contribution in [0.15, 0.2) is 12.1 Å². The van der Waals surface area contributed by atoms with Crippen molar-refractivity contribution in [2.24, 2.45) is 0 Å². The number of nitriles is 2. The lowest BCUT2D eigenvalue weighted by atomic mass is 10.1. The molecule has 0 radical (unpaired) electrons. The lowest BCUT2D eigenvalue weighted by Gasteiger charge is -2.03. The van der Waals surface area contributed by atoms with Gasteiger partial charge in [0.25, 0.3) is 5.69 Å². The molecule has 0 spiro atoms. The Kier molecular flexibility index (Phi) is 2.85. The van der Waals surface area contributed by atoms with E-state index in [-0.39, 0.29) is 22.5 Å². The van der Waals surface area contributed by atoms with E-state index in [0.717, 1.165) is 6.07 Å². The largest absolute Gasteiger partial charge is 0.383 e. The van der Waals surface area contributed by atoms with Gasteiger partial charge in [0.05, 0.1) is 16.1 Å². The minimum absolute atomic E-state index is 0.00296. The Balaban J connectivity index is 3.51. The van der Waals surface area contributed by atoms with Crippen molar-refractivity contribution in [2.75, 3.05) is 12.4 Å². The van der Waals surface area contributed by atoms with Gasteiger partial charge in [-0.2, -0.15) is 10.5 Å². The smallest absolute Gasteiger partial charge is 0.293 e. The highest BCUT2D eigenvalue weighted by Gasteiger charge is 2.16. The molecule has 0 saturated carbocycles. The predicted molar refractivity (Wildman–Crippen MR) is 52.1 cm³/mol. The van der Waals surface area contributed by atoms with E-state index in [1.54, 1.807) is 12.1 Å². The second-order valence-electron chi connectivity index (χ2n) is 2.65. The molecule has 0 aliphatic carbocycles. The summed E-state index contributed by atoms with van der Waals surface area (Å²) in [4.78, 5) is 10.0. The van der Waals surface area contributed by atoms with Gasteiger partial charge in [-0.05, 0) is 6.07 Å². The molecular weight excluding hydrogens is 196 g/mol. The number of nitro groups is 1. The van der Waals surface area contributed by atoms with E-state index < -0.39 is 4.92 Å². The van der Waals surface area contributed by atoms with Gasteiger partial charge in [0.1, 0.15) is 17.8 Å². The molecule has 0 heterocycles. The van der Waals surface area contributed by atoms with Crippen LogP contribution in [0, 0.1) is 32.8 Å². The van der Waals surface area contributed by atoms with Gasteiger partial charge in [-0.15, -0.1) is 0 Å². The van der Waals surface area contributed by atoms with E-state index in [2.05, 4.69) is 5.32 Å². The number of nitrogens with zero attached hydrogens (tertiary/aromatic N) is 3. The van der Waals surface area contributed by atoms with Crippen LogP contribution in [-0.2, 0) is 0 Å². The van der Waals surface area contributed by atoms with Crippen molar-refractivity contribution in [1.29, 1.82) is 10.5 Å². The zero-order valence-electron chi connectivity index (χ0n) is 7.81. The maximum absolute atomic E-state index is 10.6. The van der Waals surface area contributed by atoms with Crippen LogP contribution in [0.1, 0.15) is 11.1 Å². The van der Waals surface area contributed by atoms with E-state index in [0.29, 0.717) is 0 Å². The van der Waals surface area contributed by atoms with Crippen LogP contribution in [0.4, 0.5) is 11.4 Å². The fourth-order valence-corrected chi connectivity index (χ4v) is 1.12. The van der Waals surface area contributed by atoms with Crippen LogP contribution in [0.2, 0.25) is 0 Å². The van der Waals surface area contributed by atoms with E-state index >= 15 is 0 Å². The van der Waals surface area contributed by atoms with Crippen molar-refractivity contribution in [2.45, 2.75) is 0 Å². The molecule has 0 aromatic heterocycles. The Morgan fingerprint density at radius 3 is 2.27 bits per heavy atom. The van der Waals surface area contributed by atoms with Crippen molar-refractivity contribution in [3.05, 3.63) is 33.4 Å². The van der Waals surface area contributed by atoms with E-state index in [9.17, 15) is 10.1 Å². The summed E-state index contributed by atoms with van der Waals surface area (Å²) < 4.78 is 0. The number of hydrogen-bond donors (Lipinski definition) is 1. The van der Waals surface area contributed by atoms with Gasteiger partial charge in [-0.25, -0.2) is 0 Å². The van der Waals surface area contributed by atoms with Gasteiger partial charge in [-0.1, -0.05) is 0 Å². The van der Waals surface area contributed by atoms with Crippen LogP contribution < -0.4 is 5.32 Å². The van der Waals surface area contributed by atoms with Gasteiger partial charge in [0.2, 0.25) is 0 Å². The molecule has 0 saturated heterocycles. The zero-order chi connectivity index (χ0) is 11.4. The van der Waals surface area contributed by atoms with E-state index in [4.69, 9.17) is 10.5 Å². The quantitative estimate of drug-likeness (QED) is 0.576. The molecule has 1 aromatic rings. The van der Waals surface area contributed by atoms with Gasteiger partial charge >= 0.3 is 0 Å². The van der Waals surface area contributed by atoms with Crippen molar-refractivity contribution in [3.8, 4) is 12.1 Å². The second kappa shape index (κ2) is 4.07. The number of nitro benzene ring substituents is 1. The monoisotopic (exact) mass is 202 g/mol. The second-order valence-corrected chi connectivity index (χ2v) is 2.65. The first-order valence-electron chi connectivity index (χ1n) is 3.94. The minimum atomic E-state index is -0.603. The van der Waals surface area contributed by atoms with Crippen LogP contribution in [0.3, 0.4) is 0 Å². The highest BCUT2D eigenvalue weighted by atomic mass is 16.6. The third-order valence-corrected chi connectivity index (χ3v) is 1.84. The summed E-state index contributed by atoms with van der Waals surface area (Å²) >= 11 is 0. The van der Waals surface area contributed by atoms with Gasteiger partial charge in [0.15, 0.2) is 0 Å². The molecule has 0 fully saturated rings. The first-order chi connectivity index (χ1) is 7.13. The number of anilines is 1. The van der Waals surface area contributed by atoms with Gasteiger partial charge in [-0.3, -0.25) is 10.1 Å². The number of benzene rings is 1. The van der Waals surface area contributed by atoms with Crippen molar-refractivity contribution >= 4 is 11.4 Å². The average Bonchev–Trinajstić information content (AvgIpc) is 2.26. The highest BCUT2D eigenvalue weighted by Crippen LogP contribution is 2.27. The van der Waals surface area contributed by atoms with Crippen LogP contribution in [-0.4, -0.2) is 12.0 Å². The fourth-order valence-electron chi connectivity index (χ4n) is 1.12. The lowest BCUT2D eigenvalue weighted by Crippen LogP contribution is -1.99. The Morgan fingerprint density at radius 1 is 1.33 bits per heavy atom. The maximum Gasteiger partial charge on any atom is 0.293 e. The summed E-state index contributed by atoms with van der Waals surface area (Å²) in [5.74, 6) is 0. The van der Waals surface area contributed by atoms with Gasteiger partial charge in [0, 0.05) is 13.1 Å². The number of nitrogens with one attached hydrogen (secondary N) is 1. The number of hydrogen-bond acceptors (Lipinski definition) is 5. The molecule has 6 heteroatoms. The summed E-state index contributed by atoms with van der Waals surface area (Å²) in [6.45, 7) is 0. The summed E-state index contributed by atoms with van der Waals surface area (Å²) in [6.07, 6.45) is 0. The van der Waals surface area contributed by atoms with Crippen molar-refractivity contribution in [1.82, 2.24) is 0 Å². The Morgan fingerprint density at radius 2 is 1.87 bits per heavy atom. The zero-order valence-corrected chi connectivity index (χ0v) is 7.81. The SMILES string of the molecule is CNc1cc(C#N)c(C#N)cc1[N+](=O)[O-].